The Morgan fingerprint density at radius 1 is 1.53 bits per heavy atom. The van der Waals surface area contributed by atoms with Crippen molar-refractivity contribution in [2.24, 2.45) is 0 Å². The summed E-state index contributed by atoms with van der Waals surface area (Å²) in [6, 6.07) is 0. The maximum absolute atomic E-state index is 12.1. The predicted molar refractivity (Wildman–Crippen MR) is 74.5 cm³/mol. The fourth-order valence-corrected chi connectivity index (χ4v) is 3.27. The van der Waals surface area contributed by atoms with E-state index < -0.39 is 0 Å². The Balaban J connectivity index is 1.78. The Labute approximate surface area is 114 Å². The van der Waals surface area contributed by atoms with Crippen LogP contribution in [0.1, 0.15) is 40.1 Å². The molecule has 0 unspecified atom stereocenters. The molecule has 2 heterocycles. The van der Waals surface area contributed by atoms with Crippen molar-refractivity contribution in [3.05, 3.63) is 22.0 Å². The van der Waals surface area contributed by atoms with Crippen LogP contribution in [0.3, 0.4) is 0 Å². The van der Waals surface area contributed by atoms with Gasteiger partial charge in [0.2, 0.25) is 0 Å². The molecule has 0 aliphatic heterocycles. The van der Waals surface area contributed by atoms with Crippen LogP contribution in [0.4, 0.5) is 10.8 Å². The fraction of sp³-hybridized carbons (Fsp3) is 0.417. The van der Waals surface area contributed by atoms with Crippen LogP contribution in [0.5, 0.6) is 0 Å². The molecule has 0 bridgehead atoms. The van der Waals surface area contributed by atoms with Crippen molar-refractivity contribution in [3.63, 3.8) is 0 Å². The molecule has 6 nitrogen and oxygen atoms in total. The molecule has 0 radical (unpaired) electrons. The highest BCUT2D eigenvalue weighted by atomic mass is 32.1. The summed E-state index contributed by atoms with van der Waals surface area (Å²) in [6.45, 7) is 1.96. The van der Waals surface area contributed by atoms with Crippen molar-refractivity contribution in [1.82, 2.24) is 15.2 Å². The molecule has 2 aromatic rings. The normalized spacial score (nSPS) is 13.5. The summed E-state index contributed by atoms with van der Waals surface area (Å²) in [5, 5.41) is 10.1. The highest BCUT2D eigenvalue weighted by molar-refractivity contribution is 7.16. The molecule has 1 aliphatic carbocycles. The lowest BCUT2D eigenvalue weighted by atomic mass is 10.2. The molecule has 2 aromatic heterocycles. The van der Waals surface area contributed by atoms with Crippen LogP contribution in [-0.4, -0.2) is 21.1 Å². The Morgan fingerprint density at radius 2 is 2.37 bits per heavy atom. The average molecular weight is 277 g/mol. The maximum atomic E-state index is 12.1. The monoisotopic (exact) mass is 277 g/mol. The first-order valence-electron chi connectivity index (χ1n) is 6.31. The maximum Gasteiger partial charge on any atom is 0.280 e. The third-order valence-corrected chi connectivity index (χ3v) is 4.34. The lowest BCUT2D eigenvalue weighted by Gasteiger charge is -2.00. The van der Waals surface area contributed by atoms with Gasteiger partial charge in [0.25, 0.3) is 5.91 Å². The number of aryl methyl sites for hydroxylation is 3. The molecule has 0 saturated heterocycles. The number of carbonyl (C=O) groups is 1. The van der Waals surface area contributed by atoms with Crippen LogP contribution in [0.15, 0.2) is 0 Å². The summed E-state index contributed by atoms with van der Waals surface area (Å²) in [6.07, 6.45) is 3.95. The second kappa shape index (κ2) is 4.65. The molecule has 1 aliphatic rings. The number of nitrogens with two attached hydrogens (primary N) is 1. The van der Waals surface area contributed by atoms with Gasteiger partial charge in [0.1, 0.15) is 0 Å². The number of carbonyl (C=O) groups excluding carboxylic acids is 1. The number of thiazole rings is 1. The van der Waals surface area contributed by atoms with Gasteiger partial charge in [0.15, 0.2) is 10.8 Å². The fourth-order valence-electron chi connectivity index (χ4n) is 2.23. The highest BCUT2D eigenvalue weighted by Gasteiger charge is 2.21. The Kier molecular flexibility index (Phi) is 2.98. The van der Waals surface area contributed by atoms with Gasteiger partial charge in [-0.25, -0.2) is 4.98 Å². The third-order valence-electron chi connectivity index (χ3n) is 3.27. The average Bonchev–Trinajstić information content (AvgIpc) is 3.02. The third kappa shape index (κ3) is 2.10. The van der Waals surface area contributed by atoms with Gasteiger partial charge in [-0.1, -0.05) is 6.92 Å². The van der Waals surface area contributed by atoms with E-state index in [9.17, 15) is 4.79 Å². The number of aromatic nitrogens is 3. The van der Waals surface area contributed by atoms with Crippen LogP contribution >= 0.6 is 11.3 Å². The summed E-state index contributed by atoms with van der Waals surface area (Å²) in [4.78, 5) is 17.8. The molecule has 4 N–H and O–H groups in total. The van der Waals surface area contributed by atoms with Gasteiger partial charge < -0.3 is 5.73 Å². The van der Waals surface area contributed by atoms with Gasteiger partial charge in [0, 0.05) is 4.88 Å². The standard InChI is InChI=1S/C12H15N5OS/c1-2-6-9(13)10(17-16-6)11(18)15-12-14-7-4-3-5-8(7)19-12/h2-5,13H2,1H3,(H,16,17)(H,14,15,18). The van der Waals surface area contributed by atoms with E-state index in [0.29, 0.717) is 10.8 Å². The first kappa shape index (κ1) is 12.2. The molecule has 7 heteroatoms. The van der Waals surface area contributed by atoms with Crippen molar-refractivity contribution in [3.8, 4) is 0 Å². The van der Waals surface area contributed by atoms with Gasteiger partial charge in [-0.05, 0) is 25.7 Å². The van der Waals surface area contributed by atoms with Crippen molar-refractivity contribution >= 4 is 28.1 Å². The van der Waals surface area contributed by atoms with Crippen molar-refractivity contribution in [2.75, 3.05) is 11.1 Å². The first-order chi connectivity index (χ1) is 9.19. The lowest BCUT2D eigenvalue weighted by Crippen LogP contribution is -2.14. The number of amides is 1. The van der Waals surface area contributed by atoms with Gasteiger partial charge in [-0.3, -0.25) is 15.2 Å². The topological polar surface area (TPSA) is 96.7 Å². The molecular weight excluding hydrogens is 262 g/mol. The lowest BCUT2D eigenvalue weighted by molar-refractivity contribution is 0.102. The number of hydrogen-bond acceptors (Lipinski definition) is 5. The smallest absolute Gasteiger partial charge is 0.280 e. The zero-order chi connectivity index (χ0) is 13.4. The first-order valence-corrected chi connectivity index (χ1v) is 7.13. The van der Waals surface area contributed by atoms with Gasteiger partial charge >= 0.3 is 0 Å². The number of rotatable bonds is 3. The minimum atomic E-state index is -0.305. The molecule has 3 rings (SSSR count). The summed E-state index contributed by atoms with van der Waals surface area (Å²) in [5.41, 5.74) is 8.43. The van der Waals surface area contributed by atoms with Gasteiger partial charge in [-0.2, -0.15) is 5.10 Å². The largest absolute Gasteiger partial charge is 0.395 e. The summed E-state index contributed by atoms with van der Waals surface area (Å²) in [5.74, 6) is -0.305. The number of H-pyrrole nitrogens is 1. The number of nitrogens with one attached hydrogen (secondary N) is 2. The van der Waals surface area contributed by atoms with E-state index in [0.717, 1.165) is 37.1 Å². The molecule has 0 aromatic carbocycles. The van der Waals surface area contributed by atoms with E-state index in [1.165, 1.54) is 4.88 Å². The van der Waals surface area contributed by atoms with E-state index in [2.05, 4.69) is 20.5 Å². The van der Waals surface area contributed by atoms with Crippen LogP contribution in [0.2, 0.25) is 0 Å². The van der Waals surface area contributed by atoms with E-state index in [4.69, 9.17) is 5.73 Å². The molecule has 0 atom stereocenters. The van der Waals surface area contributed by atoms with E-state index in [-0.39, 0.29) is 11.6 Å². The van der Waals surface area contributed by atoms with E-state index in [1.807, 2.05) is 6.92 Å². The number of fused-ring (bicyclic) bond motifs is 1. The van der Waals surface area contributed by atoms with E-state index >= 15 is 0 Å². The molecule has 0 spiro atoms. The Bertz CT molecular complexity index is 609. The molecule has 1 amide bonds. The SMILES string of the molecule is CCc1[nH]nc(C(=O)Nc2nc3c(s2)CCC3)c1N. The highest BCUT2D eigenvalue weighted by Crippen LogP contribution is 2.30. The van der Waals surface area contributed by atoms with Crippen molar-refractivity contribution in [1.29, 1.82) is 0 Å². The minimum Gasteiger partial charge on any atom is -0.395 e. The van der Waals surface area contributed by atoms with Crippen LogP contribution in [-0.2, 0) is 19.3 Å². The zero-order valence-corrected chi connectivity index (χ0v) is 11.4. The minimum absolute atomic E-state index is 0.243. The van der Waals surface area contributed by atoms with Crippen LogP contribution in [0.25, 0.3) is 0 Å². The summed E-state index contributed by atoms with van der Waals surface area (Å²) in [7, 11) is 0. The second-order valence-electron chi connectivity index (χ2n) is 4.51. The number of hydrogen-bond donors (Lipinski definition) is 3. The Hall–Kier alpha value is -1.89. The van der Waals surface area contributed by atoms with Gasteiger partial charge in [0.05, 0.1) is 17.1 Å². The quantitative estimate of drug-likeness (QED) is 0.796. The molecule has 0 saturated carbocycles. The van der Waals surface area contributed by atoms with Crippen molar-refractivity contribution < 1.29 is 4.79 Å². The zero-order valence-electron chi connectivity index (χ0n) is 10.6. The number of anilines is 2. The number of aromatic amines is 1. The Morgan fingerprint density at radius 3 is 3.05 bits per heavy atom. The van der Waals surface area contributed by atoms with Crippen molar-refractivity contribution in [2.45, 2.75) is 32.6 Å². The van der Waals surface area contributed by atoms with Gasteiger partial charge in [-0.15, -0.1) is 11.3 Å². The summed E-state index contributed by atoms with van der Waals surface area (Å²) >= 11 is 1.54. The second-order valence-corrected chi connectivity index (χ2v) is 5.60. The number of nitrogen functional groups attached to an aromatic ring is 1. The molecule has 19 heavy (non-hydrogen) atoms. The molecular formula is C12H15N5OS. The predicted octanol–water partition coefficient (Wildman–Crippen LogP) is 1.75. The molecule has 100 valence electrons. The van der Waals surface area contributed by atoms with Crippen LogP contribution < -0.4 is 11.1 Å². The van der Waals surface area contributed by atoms with Crippen LogP contribution in [0, 0.1) is 0 Å². The van der Waals surface area contributed by atoms with E-state index in [1.54, 1.807) is 11.3 Å². The summed E-state index contributed by atoms with van der Waals surface area (Å²) < 4.78 is 0. The molecule has 0 fully saturated rings. The number of nitrogens with zero attached hydrogens (tertiary/aromatic N) is 2.